The van der Waals surface area contributed by atoms with E-state index in [1.807, 2.05) is 0 Å². The van der Waals surface area contributed by atoms with Crippen molar-refractivity contribution in [1.29, 1.82) is 0 Å². The Balaban J connectivity index is 2.46. The molecule has 4 nitrogen and oxygen atoms in total. The monoisotopic (exact) mass is 206 g/mol. The number of aromatic carboxylic acids is 1. The number of anilines is 1. The van der Waals surface area contributed by atoms with E-state index in [0.29, 0.717) is 11.6 Å². The van der Waals surface area contributed by atoms with E-state index in [1.54, 1.807) is 6.20 Å². The second-order valence-corrected chi connectivity index (χ2v) is 3.98. The Labute approximate surface area is 88.1 Å². The molecule has 0 amide bonds. The second-order valence-electron chi connectivity index (χ2n) is 3.98. The van der Waals surface area contributed by atoms with Crippen LogP contribution in [-0.4, -0.2) is 16.1 Å². The maximum atomic E-state index is 11.0. The van der Waals surface area contributed by atoms with Crippen LogP contribution in [0.25, 0.3) is 0 Å². The maximum Gasteiger partial charge on any atom is 0.337 e. The Bertz CT molecular complexity index is 384. The van der Waals surface area contributed by atoms with Gasteiger partial charge in [0.2, 0.25) is 0 Å². The van der Waals surface area contributed by atoms with Crippen LogP contribution in [-0.2, 0) is 0 Å². The molecule has 15 heavy (non-hydrogen) atoms. The summed E-state index contributed by atoms with van der Waals surface area (Å²) in [4.78, 5) is 14.9. The van der Waals surface area contributed by atoms with Crippen molar-refractivity contribution < 1.29 is 9.90 Å². The Hall–Kier alpha value is -1.58. The van der Waals surface area contributed by atoms with Crippen molar-refractivity contribution in [3.8, 4) is 0 Å². The van der Waals surface area contributed by atoms with E-state index in [-0.39, 0.29) is 5.56 Å². The van der Waals surface area contributed by atoms with Crippen molar-refractivity contribution in [2.75, 3.05) is 5.73 Å². The fraction of sp³-hybridized carbons (Fsp3) is 0.455. The van der Waals surface area contributed by atoms with Crippen molar-refractivity contribution in [3.05, 3.63) is 23.5 Å². The molecular weight excluding hydrogens is 192 g/mol. The number of carbonyl (C=O) groups is 1. The zero-order valence-corrected chi connectivity index (χ0v) is 8.44. The number of rotatable bonds is 2. The average molecular weight is 206 g/mol. The number of hydrogen-bond acceptors (Lipinski definition) is 3. The van der Waals surface area contributed by atoms with Crippen LogP contribution in [0.2, 0.25) is 0 Å². The topological polar surface area (TPSA) is 76.2 Å². The minimum absolute atomic E-state index is 0.266. The second kappa shape index (κ2) is 3.88. The van der Waals surface area contributed by atoms with E-state index in [1.165, 1.54) is 6.20 Å². The van der Waals surface area contributed by atoms with Crippen LogP contribution in [0.5, 0.6) is 0 Å². The summed E-state index contributed by atoms with van der Waals surface area (Å²) in [6.45, 7) is 0. The molecule has 0 bridgehead atoms. The molecule has 0 aromatic carbocycles. The Morgan fingerprint density at radius 1 is 1.40 bits per heavy atom. The zero-order chi connectivity index (χ0) is 10.8. The van der Waals surface area contributed by atoms with Crippen LogP contribution >= 0.6 is 0 Å². The highest BCUT2D eigenvalue weighted by Gasteiger charge is 2.24. The SMILES string of the molecule is Nc1cncc(C(=O)O)c1C1CCCC1. The standard InChI is InChI=1S/C11H14N2O2/c12-9-6-13-5-8(11(14)15)10(9)7-3-1-2-4-7/h5-7H,1-4,12H2,(H,14,15). The van der Waals surface area contributed by atoms with Gasteiger partial charge in [-0.05, 0) is 24.3 Å². The Morgan fingerprint density at radius 3 is 2.67 bits per heavy atom. The first kappa shape index (κ1) is 9.96. The molecule has 1 aromatic heterocycles. The van der Waals surface area contributed by atoms with Gasteiger partial charge in [0, 0.05) is 6.20 Å². The lowest BCUT2D eigenvalue weighted by molar-refractivity contribution is 0.0694. The summed E-state index contributed by atoms with van der Waals surface area (Å²) in [5.41, 5.74) is 7.38. The molecule has 0 radical (unpaired) electrons. The number of pyridine rings is 1. The molecule has 0 saturated heterocycles. The highest BCUT2D eigenvalue weighted by Crippen LogP contribution is 2.38. The third kappa shape index (κ3) is 1.79. The van der Waals surface area contributed by atoms with Gasteiger partial charge in [-0.25, -0.2) is 4.79 Å². The summed E-state index contributed by atoms with van der Waals surface area (Å²) in [6, 6.07) is 0. The number of aromatic nitrogens is 1. The predicted octanol–water partition coefficient (Wildman–Crippen LogP) is 2.02. The zero-order valence-electron chi connectivity index (χ0n) is 8.44. The van der Waals surface area contributed by atoms with E-state index >= 15 is 0 Å². The predicted molar refractivity (Wildman–Crippen MR) is 56.8 cm³/mol. The first-order valence-electron chi connectivity index (χ1n) is 5.17. The van der Waals surface area contributed by atoms with Crippen LogP contribution in [0.3, 0.4) is 0 Å². The van der Waals surface area contributed by atoms with Crippen molar-refractivity contribution >= 4 is 11.7 Å². The normalized spacial score (nSPS) is 16.8. The van der Waals surface area contributed by atoms with Gasteiger partial charge in [-0.3, -0.25) is 4.98 Å². The van der Waals surface area contributed by atoms with Crippen LogP contribution in [0.15, 0.2) is 12.4 Å². The van der Waals surface area contributed by atoms with Gasteiger partial charge in [0.1, 0.15) is 0 Å². The van der Waals surface area contributed by atoms with Gasteiger partial charge in [0.25, 0.3) is 0 Å². The molecule has 1 aliphatic rings. The number of nitrogens with two attached hydrogens (primary N) is 1. The summed E-state index contributed by atoms with van der Waals surface area (Å²) in [5, 5.41) is 9.05. The van der Waals surface area contributed by atoms with Crippen LogP contribution < -0.4 is 5.73 Å². The molecule has 4 heteroatoms. The fourth-order valence-corrected chi connectivity index (χ4v) is 2.33. The molecule has 0 spiro atoms. The molecule has 0 atom stereocenters. The van der Waals surface area contributed by atoms with Gasteiger partial charge < -0.3 is 10.8 Å². The minimum atomic E-state index is -0.934. The average Bonchev–Trinajstić information content (AvgIpc) is 2.70. The number of nitrogen functional groups attached to an aromatic ring is 1. The molecule has 1 aliphatic carbocycles. The number of nitrogens with zero attached hydrogens (tertiary/aromatic N) is 1. The van der Waals surface area contributed by atoms with E-state index in [0.717, 1.165) is 31.2 Å². The van der Waals surface area contributed by atoms with E-state index in [2.05, 4.69) is 4.98 Å². The smallest absolute Gasteiger partial charge is 0.337 e. The number of carboxylic acid groups (broad SMARTS) is 1. The molecule has 1 aromatic rings. The third-order valence-electron chi connectivity index (χ3n) is 3.01. The molecule has 1 saturated carbocycles. The number of carboxylic acids is 1. The minimum Gasteiger partial charge on any atom is -0.478 e. The van der Waals surface area contributed by atoms with Gasteiger partial charge >= 0.3 is 5.97 Å². The first-order chi connectivity index (χ1) is 7.20. The van der Waals surface area contributed by atoms with E-state index in [9.17, 15) is 4.79 Å². The third-order valence-corrected chi connectivity index (χ3v) is 3.01. The van der Waals surface area contributed by atoms with Crippen molar-refractivity contribution in [2.45, 2.75) is 31.6 Å². The summed E-state index contributed by atoms with van der Waals surface area (Å²) >= 11 is 0. The molecule has 1 heterocycles. The molecule has 2 rings (SSSR count). The summed E-state index contributed by atoms with van der Waals surface area (Å²) in [5.74, 6) is -0.629. The van der Waals surface area contributed by atoms with Crippen LogP contribution in [0, 0.1) is 0 Å². The lowest BCUT2D eigenvalue weighted by atomic mass is 9.93. The van der Waals surface area contributed by atoms with Gasteiger partial charge in [0.05, 0.1) is 17.4 Å². The summed E-state index contributed by atoms with van der Waals surface area (Å²) < 4.78 is 0. The lowest BCUT2D eigenvalue weighted by Crippen LogP contribution is -2.09. The fourth-order valence-electron chi connectivity index (χ4n) is 2.33. The summed E-state index contributed by atoms with van der Waals surface area (Å²) in [7, 11) is 0. The lowest BCUT2D eigenvalue weighted by Gasteiger charge is -2.14. The Kier molecular flexibility index (Phi) is 2.58. The molecule has 80 valence electrons. The molecule has 1 fully saturated rings. The van der Waals surface area contributed by atoms with E-state index < -0.39 is 5.97 Å². The summed E-state index contributed by atoms with van der Waals surface area (Å²) in [6.07, 6.45) is 7.33. The first-order valence-corrected chi connectivity index (χ1v) is 5.17. The van der Waals surface area contributed by atoms with Gasteiger partial charge in [-0.15, -0.1) is 0 Å². The maximum absolute atomic E-state index is 11.0. The van der Waals surface area contributed by atoms with Crippen molar-refractivity contribution in [2.24, 2.45) is 0 Å². The largest absolute Gasteiger partial charge is 0.478 e. The van der Waals surface area contributed by atoms with Crippen LogP contribution in [0.1, 0.15) is 47.5 Å². The molecular formula is C11H14N2O2. The molecule has 0 aliphatic heterocycles. The van der Waals surface area contributed by atoms with Crippen molar-refractivity contribution in [3.63, 3.8) is 0 Å². The van der Waals surface area contributed by atoms with E-state index in [4.69, 9.17) is 10.8 Å². The molecule has 3 N–H and O–H groups in total. The van der Waals surface area contributed by atoms with Crippen molar-refractivity contribution in [1.82, 2.24) is 4.98 Å². The van der Waals surface area contributed by atoms with Gasteiger partial charge in [0.15, 0.2) is 0 Å². The molecule has 0 unspecified atom stereocenters. The highest BCUT2D eigenvalue weighted by molar-refractivity contribution is 5.91. The van der Waals surface area contributed by atoms with Gasteiger partial charge in [-0.1, -0.05) is 12.8 Å². The highest BCUT2D eigenvalue weighted by atomic mass is 16.4. The number of hydrogen-bond donors (Lipinski definition) is 2. The Morgan fingerprint density at radius 2 is 2.07 bits per heavy atom. The van der Waals surface area contributed by atoms with Gasteiger partial charge in [-0.2, -0.15) is 0 Å². The van der Waals surface area contributed by atoms with Crippen LogP contribution in [0.4, 0.5) is 5.69 Å². The quantitative estimate of drug-likeness (QED) is 0.776.